The minimum atomic E-state index is -0.253. The minimum Gasteiger partial charge on any atom is -0.338 e. The number of fused-ring (bicyclic) bond motifs is 3. The Kier molecular flexibility index (Phi) is 5.48. The number of anilines is 4. The summed E-state index contributed by atoms with van der Waals surface area (Å²) in [5.41, 5.74) is 6.69. The first kappa shape index (κ1) is 22.6. The van der Waals surface area contributed by atoms with Gasteiger partial charge in [-0.15, -0.1) is 0 Å². The fraction of sp³-hybridized carbons (Fsp3) is 0.185. The Balaban J connectivity index is 1.33. The molecule has 184 valence electrons. The smallest absolute Gasteiger partial charge is 0.274 e. The SMILES string of the molecule is Cc1ccnc(C(=O)Nc2ccc(C)c(C3=Cc4cnc(Nc5cc(C)no5)nc4N4CCN=C34)c2)c1. The van der Waals surface area contributed by atoms with Crippen molar-refractivity contribution < 1.29 is 9.32 Å². The molecule has 4 aromatic rings. The highest BCUT2D eigenvalue weighted by Gasteiger charge is 2.31. The van der Waals surface area contributed by atoms with Crippen LogP contribution in [0.1, 0.15) is 38.4 Å². The summed E-state index contributed by atoms with van der Waals surface area (Å²) in [6.07, 6.45) is 5.47. The van der Waals surface area contributed by atoms with E-state index in [1.807, 2.05) is 45.0 Å². The molecular formula is C27H24N8O2. The van der Waals surface area contributed by atoms with Gasteiger partial charge in [-0.3, -0.25) is 20.1 Å². The Morgan fingerprint density at radius 2 is 1.97 bits per heavy atom. The van der Waals surface area contributed by atoms with Crippen LogP contribution in [0.15, 0.2) is 58.3 Å². The van der Waals surface area contributed by atoms with Gasteiger partial charge in [-0.1, -0.05) is 11.2 Å². The molecule has 0 aliphatic carbocycles. The second-order valence-electron chi connectivity index (χ2n) is 9.05. The van der Waals surface area contributed by atoms with Crippen LogP contribution >= 0.6 is 0 Å². The van der Waals surface area contributed by atoms with Crippen molar-refractivity contribution in [1.29, 1.82) is 0 Å². The Morgan fingerprint density at radius 1 is 1.08 bits per heavy atom. The topological polar surface area (TPSA) is 121 Å². The van der Waals surface area contributed by atoms with E-state index in [1.54, 1.807) is 24.5 Å². The zero-order valence-corrected chi connectivity index (χ0v) is 20.6. The third-order valence-corrected chi connectivity index (χ3v) is 6.23. The van der Waals surface area contributed by atoms with E-state index in [-0.39, 0.29) is 5.91 Å². The number of carbonyl (C=O) groups is 1. The van der Waals surface area contributed by atoms with E-state index in [9.17, 15) is 4.79 Å². The fourth-order valence-corrected chi connectivity index (χ4v) is 4.44. The Morgan fingerprint density at radius 3 is 2.78 bits per heavy atom. The first-order chi connectivity index (χ1) is 17.9. The largest absolute Gasteiger partial charge is 0.338 e. The highest BCUT2D eigenvalue weighted by Crippen LogP contribution is 2.37. The number of amides is 1. The van der Waals surface area contributed by atoms with Crippen molar-refractivity contribution in [3.63, 3.8) is 0 Å². The van der Waals surface area contributed by atoms with Crippen molar-refractivity contribution in [2.24, 2.45) is 4.99 Å². The van der Waals surface area contributed by atoms with Gasteiger partial charge in [0, 0.05) is 41.8 Å². The fourth-order valence-electron chi connectivity index (χ4n) is 4.44. The van der Waals surface area contributed by atoms with Crippen molar-refractivity contribution in [2.75, 3.05) is 28.6 Å². The molecule has 1 aromatic carbocycles. The Bertz CT molecular complexity index is 1600. The number of rotatable bonds is 5. The molecule has 0 radical (unpaired) electrons. The Labute approximate surface area is 213 Å². The van der Waals surface area contributed by atoms with Crippen LogP contribution in [0, 0.1) is 20.8 Å². The molecule has 0 saturated carbocycles. The van der Waals surface area contributed by atoms with Gasteiger partial charge < -0.3 is 14.7 Å². The molecule has 0 saturated heterocycles. The minimum absolute atomic E-state index is 0.253. The predicted octanol–water partition coefficient (Wildman–Crippen LogP) is 4.55. The maximum absolute atomic E-state index is 12.8. The molecule has 10 nitrogen and oxygen atoms in total. The quantitative estimate of drug-likeness (QED) is 0.416. The molecule has 0 spiro atoms. The van der Waals surface area contributed by atoms with Crippen LogP contribution in [0.4, 0.5) is 23.3 Å². The van der Waals surface area contributed by atoms with Gasteiger partial charge in [-0.2, -0.15) is 4.98 Å². The number of benzene rings is 1. The summed E-state index contributed by atoms with van der Waals surface area (Å²) >= 11 is 0. The van der Waals surface area contributed by atoms with E-state index < -0.39 is 0 Å². The number of pyridine rings is 1. The molecule has 6 rings (SSSR count). The number of nitrogens with one attached hydrogen (secondary N) is 2. The summed E-state index contributed by atoms with van der Waals surface area (Å²) in [5, 5.41) is 9.93. The van der Waals surface area contributed by atoms with E-state index in [0.29, 0.717) is 36.3 Å². The van der Waals surface area contributed by atoms with Gasteiger partial charge in [-0.05, 0) is 67.8 Å². The maximum Gasteiger partial charge on any atom is 0.274 e. The summed E-state index contributed by atoms with van der Waals surface area (Å²) in [4.78, 5) is 33.1. The summed E-state index contributed by atoms with van der Waals surface area (Å²) < 4.78 is 5.24. The molecule has 0 bridgehead atoms. The van der Waals surface area contributed by atoms with Crippen LogP contribution in [-0.4, -0.2) is 44.9 Å². The normalized spacial score (nSPS) is 14.0. The second kappa shape index (κ2) is 8.98. The average molecular weight is 493 g/mol. The molecule has 0 fully saturated rings. The number of carbonyl (C=O) groups excluding carboxylic acids is 1. The van der Waals surface area contributed by atoms with Gasteiger partial charge in [-0.25, -0.2) is 4.98 Å². The molecule has 1 amide bonds. The maximum atomic E-state index is 12.8. The van der Waals surface area contributed by atoms with Crippen LogP contribution < -0.4 is 15.5 Å². The number of aliphatic imine (C=N–C) groups is 1. The van der Waals surface area contributed by atoms with Crippen molar-refractivity contribution in [2.45, 2.75) is 20.8 Å². The standard InChI is InChI=1S/C27H24N8O2/c1-15-6-7-28-22(10-15)26(36)31-19-5-4-16(2)20(13-19)21-12-18-14-30-27(32-23-11-17(3)34-37-23)33-24(18)35-9-8-29-25(21)35/h4-7,10-14H,8-9H2,1-3H3,(H,31,36)(H,30,32,33). The summed E-state index contributed by atoms with van der Waals surface area (Å²) in [7, 11) is 0. The van der Waals surface area contributed by atoms with Crippen LogP contribution in [-0.2, 0) is 0 Å². The van der Waals surface area contributed by atoms with E-state index in [0.717, 1.165) is 45.2 Å². The van der Waals surface area contributed by atoms with E-state index >= 15 is 0 Å². The highest BCUT2D eigenvalue weighted by atomic mass is 16.5. The van der Waals surface area contributed by atoms with Gasteiger partial charge in [0.25, 0.3) is 5.91 Å². The lowest BCUT2D eigenvalue weighted by molar-refractivity contribution is 0.102. The molecule has 10 heteroatoms. The zero-order chi connectivity index (χ0) is 25.5. The summed E-state index contributed by atoms with van der Waals surface area (Å²) in [6, 6.07) is 11.3. The monoisotopic (exact) mass is 492 g/mol. The number of nitrogens with zero attached hydrogens (tertiary/aromatic N) is 6. The van der Waals surface area contributed by atoms with E-state index in [4.69, 9.17) is 14.5 Å². The molecule has 2 aliphatic heterocycles. The second-order valence-corrected chi connectivity index (χ2v) is 9.05. The van der Waals surface area contributed by atoms with Crippen molar-refractivity contribution >= 4 is 46.7 Å². The predicted molar refractivity (Wildman–Crippen MR) is 142 cm³/mol. The van der Waals surface area contributed by atoms with Crippen LogP contribution in [0.5, 0.6) is 0 Å². The number of aryl methyl sites for hydroxylation is 3. The molecule has 2 N–H and O–H groups in total. The Hall–Kier alpha value is -4.86. The molecule has 37 heavy (non-hydrogen) atoms. The molecule has 3 aromatic heterocycles. The van der Waals surface area contributed by atoms with Gasteiger partial charge >= 0.3 is 0 Å². The third kappa shape index (κ3) is 4.33. The van der Waals surface area contributed by atoms with Gasteiger partial charge in [0.1, 0.15) is 17.3 Å². The molecule has 0 atom stereocenters. The summed E-state index contributed by atoms with van der Waals surface area (Å²) in [5.74, 6) is 2.27. The molecule has 0 unspecified atom stereocenters. The van der Waals surface area contributed by atoms with Gasteiger partial charge in [0.2, 0.25) is 11.8 Å². The average Bonchev–Trinajstić information content (AvgIpc) is 3.54. The number of aromatic nitrogens is 4. The molecule has 5 heterocycles. The van der Waals surface area contributed by atoms with Gasteiger partial charge in [0.05, 0.1) is 12.2 Å². The molecule has 2 aliphatic rings. The van der Waals surface area contributed by atoms with Gasteiger partial charge in [0.15, 0.2) is 0 Å². The van der Waals surface area contributed by atoms with Crippen LogP contribution in [0.25, 0.3) is 11.6 Å². The first-order valence-electron chi connectivity index (χ1n) is 11.9. The third-order valence-electron chi connectivity index (χ3n) is 6.23. The lowest BCUT2D eigenvalue weighted by atomic mass is 9.94. The number of hydrogen-bond donors (Lipinski definition) is 2. The number of amidine groups is 1. The van der Waals surface area contributed by atoms with Crippen molar-refractivity contribution in [1.82, 2.24) is 20.1 Å². The van der Waals surface area contributed by atoms with Crippen molar-refractivity contribution in [3.05, 3.63) is 82.4 Å². The van der Waals surface area contributed by atoms with E-state index in [2.05, 4.69) is 36.7 Å². The lowest BCUT2D eigenvalue weighted by Crippen LogP contribution is -2.32. The van der Waals surface area contributed by atoms with Crippen LogP contribution in [0.2, 0.25) is 0 Å². The first-order valence-corrected chi connectivity index (χ1v) is 11.9. The number of hydrogen-bond acceptors (Lipinski definition) is 9. The summed E-state index contributed by atoms with van der Waals surface area (Å²) in [6.45, 7) is 7.20. The highest BCUT2D eigenvalue weighted by molar-refractivity contribution is 6.36. The van der Waals surface area contributed by atoms with Crippen LogP contribution in [0.3, 0.4) is 0 Å². The molecular weight excluding hydrogens is 468 g/mol. The zero-order valence-electron chi connectivity index (χ0n) is 20.6. The lowest BCUT2D eigenvalue weighted by Gasteiger charge is -2.28. The van der Waals surface area contributed by atoms with Crippen molar-refractivity contribution in [3.8, 4) is 0 Å². The van der Waals surface area contributed by atoms with E-state index in [1.165, 1.54) is 0 Å².